The lowest BCUT2D eigenvalue weighted by atomic mass is 10.3. The van der Waals surface area contributed by atoms with Crippen molar-refractivity contribution in [2.45, 2.75) is 42.4 Å². The van der Waals surface area contributed by atoms with Gasteiger partial charge in [-0.25, -0.2) is 13.1 Å². The summed E-state index contributed by atoms with van der Waals surface area (Å²) in [6, 6.07) is 6.37. The highest BCUT2D eigenvalue weighted by Crippen LogP contribution is 2.30. The Morgan fingerprint density at radius 2 is 2.00 bits per heavy atom. The Morgan fingerprint density at radius 3 is 2.63 bits per heavy atom. The van der Waals surface area contributed by atoms with Crippen LogP contribution in [0.1, 0.15) is 26.2 Å². The molecule has 4 nitrogen and oxygen atoms in total. The molecule has 2 atom stereocenters. The van der Waals surface area contributed by atoms with Crippen molar-refractivity contribution < 1.29 is 8.42 Å². The van der Waals surface area contributed by atoms with Gasteiger partial charge in [0.05, 0.1) is 4.90 Å². The highest BCUT2D eigenvalue weighted by molar-refractivity contribution is 8.00. The molecule has 19 heavy (non-hydrogen) atoms. The van der Waals surface area contributed by atoms with Crippen LogP contribution in [0.2, 0.25) is 0 Å². The van der Waals surface area contributed by atoms with Crippen LogP contribution in [0.4, 0.5) is 5.69 Å². The second-order valence-corrected chi connectivity index (χ2v) is 7.95. The van der Waals surface area contributed by atoms with Gasteiger partial charge in [0.1, 0.15) is 0 Å². The van der Waals surface area contributed by atoms with Crippen molar-refractivity contribution >= 4 is 27.5 Å². The van der Waals surface area contributed by atoms with Crippen LogP contribution in [0.25, 0.3) is 0 Å². The zero-order valence-electron chi connectivity index (χ0n) is 11.0. The summed E-state index contributed by atoms with van der Waals surface area (Å²) in [6.07, 6.45) is 3.10. The smallest absolute Gasteiger partial charge is 0.240 e. The van der Waals surface area contributed by atoms with Crippen molar-refractivity contribution in [1.82, 2.24) is 4.72 Å². The van der Waals surface area contributed by atoms with Gasteiger partial charge in [-0.3, -0.25) is 0 Å². The van der Waals surface area contributed by atoms with E-state index in [9.17, 15) is 8.42 Å². The highest BCUT2D eigenvalue weighted by atomic mass is 32.2. The summed E-state index contributed by atoms with van der Waals surface area (Å²) in [4.78, 5) is 0.286. The molecule has 6 heteroatoms. The molecule has 0 heterocycles. The minimum absolute atomic E-state index is 0.0486. The molecular weight excluding hydrogens is 280 g/mol. The topological polar surface area (TPSA) is 72.2 Å². The number of rotatable bonds is 5. The molecule has 1 saturated carbocycles. The fourth-order valence-corrected chi connectivity index (χ4v) is 4.98. The van der Waals surface area contributed by atoms with Crippen LogP contribution >= 0.6 is 11.8 Å². The quantitative estimate of drug-likeness (QED) is 0.818. The van der Waals surface area contributed by atoms with Crippen molar-refractivity contribution in [2.75, 3.05) is 11.5 Å². The number of anilines is 1. The number of nitrogens with one attached hydrogen (secondary N) is 1. The molecule has 0 aliphatic heterocycles. The molecular formula is C13H20N2O2S2. The number of benzene rings is 1. The molecule has 2 unspecified atom stereocenters. The third-order valence-electron chi connectivity index (χ3n) is 3.33. The first kappa shape index (κ1) is 14.7. The summed E-state index contributed by atoms with van der Waals surface area (Å²) in [5, 5.41) is 0.397. The van der Waals surface area contributed by atoms with Crippen molar-refractivity contribution in [3.8, 4) is 0 Å². The standard InChI is InChI=1S/C13H20N2O2S2/c1-2-18-13-5-3-4-12(13)15-19(16,17)11-8-6-10(14)7-9-11/h6-9,12-13,15H,2-5,14H2,1H3. The normalized spacial score (nSPS) is 23.6. The molecule has 0 aromatic heterocycles. The number of thioether (sulfide) groups is 1. The van der Waals surface area contributed by atoms with Crippen molar-refractivity contribution in [1.29, 1.82) is 0 Å². The van der Waals surface area contributed by atoms with E-state index < -0.39 is 10.0 Å². The molecule has 1 aliphatic rings. The number of nitrogen functional groups attached to an aromatic ring is 1. The van der Waals surface area contributed by atoms with Crippen LogP contribution in [0, 0.1) is 0 Å². The summed E-state index contributed by atoms with van der Waals surface area (Å²) in [5.74, 6) is 1.02. The molecule has 3 N–H and O–H groups in total. The molecule has 0 radical (unpaired) electrons. The van der Waals surface area contributed by atoms with Gasteiger partial charge in [0.2, 0.25) is 10.0 Å². The van der Waals surface area contributed by atoms with Gasteiger partial charge in [-0.05, 0) is 42.9 Å². The minimum Gasteiger partial charge on any atom is -0.399 e. The SMILES string of the molecule is CCSC1CCCC1NS(=O)(=O)c1ccc(N)cc1. The summed E-state index contributed by atoms with van der Waals surface area (Å²) in [7, 11) is -3.43. The summed E-state index contributed by atoms with van der Waals surface area (Å²) in [5.41, 5.74) is 6.15. The lowest BCUT2D eigenvalue weighted by molar-refractivity contribution is 0.555. The van der Waals surface area contributed by atoms with E-state index >= 15 is 0 Å². The lowest BCUT2D eigenvalue weighted by Gasteiger charge is -2.20. The first-order valence-corrected chi connectivity index (χ1v) is 9.05. The van der Waals surface area contributed by atoms with E-state index in [4.69, 9.17) is 5.73 Å². The highest BCUT2D eigenvalue weighted by Gasteiger charge is 2.31. The van der Waals surface area contributed by atoms with Crippen LogP contribution in [-0.4, -0.2) is 25.5 Å². The third kappa shape index (κ3) is 3.64. The molecule has 1 fully saturated rings. The molecule has 1 aromatic rings. The van der Waals surface area contributed by atoms with Gasteiger partial charge in [-0.2, -0.15) is 11.8 Å². The molecule has 0 bridgehead atoms. The van der Waals surface area contributed by atoms with E-state index in [1.807, 2.05) is 11.8 Å². The Hall–Kier alpha value is -0.720. The van der Waals surface area contributed by atoms with E-state index in [1.165, 1.54) is 0 Å². The average molecular weight is 300 g/mol. The van der Waals surface area contributed by atoms with Crippen LogP contribution in [-0.2, 0) is 10.0 Å². The summed E-state index contributed by atoms with van der Waals surface area (Å²) in [6.45, 7) is 2.11. The molecule has 1 aliphatic carbocycles. The van der Waals surface area contributed by atoms with Gasteiger partial charge in [0, 0.05) is 17.0 Å². The Bertz CT molecular complexity index is 514. The Kier molecular flexibility index (Phi) is 4.76. The van der Waals surface area contributed by atoms with Gasteiger partial charge in [-0.15, -0.1) is 0 Å². The maximum Gasteiger partial charge on any atom is 0.240 e. The number of nitrogens with two attached hydrogens (primary N) is 1. The first-order chi connectivity index (χ1) is 9.03. The van der Waals surface area contributed by atoms with Crippen molar-refractivity contribution in [2.24, 2.45) is 0 Å². The number of sulfonamides is 1. The predicted molar refractivity (Wildman–Crippen MR) is 80.7 cm³/mol. The lowest BCUT2D eigenvalue weighted by Crippen LogP contribution is -2.38. The van der Waals surface area contributed by atoms with Crippen molar-refractivity contribution in [3.63, 3.8) is 0 Å². The average Bonchev–Trinajstić information content (AvgIpc) is 2.77. The minimum atomic E-state index is -3.43. The molecule has 0 amide bonds. The van der Waals surface area contributed by atoms with Crippen LogP contribution in [0.15, 0.2) is 29.2 Å². The second kappa shape index (κ2) is 6.15. The Morgan fingerprint density at radius 1 is 1.32 bits per heavy atom. The molecule has 0 spiro atoms. The molecule has 2 rings (SSSR count). The Labute approximate surface area is 119 Å². The Balaban J connectivity index is 2.10. The zero-order chi connectivity index (χ0) is 13.9. The fraction of sp³-hybridized carbons (Fsp3) is 0.538. The van der Waals surface area contributed by atoms with Gasteiger partial charge >= 0.3 is 0 Å². The summed E-state index contributed by atoms with van der Waals surface area (Å²) >= 11 is 1.84. The van der Waals surface area contributed by atoms with Crippen LogP contribution in [0.3, 0.4) is 0 Å². The predicted octanol–water partition coefficient (Wildman–Crippen LogP) is 2.22. The molecule has 1 aromatic carbocycles. The zero-order valence-corrected chi connectivity index (χ0v) is 12.6. The second-order valence-electron chi connectivity index (χ2n) is 4.72. The van der Waals surface area contributed by atoms with E-state index in [-0.39, 0.29) is 10.9 Å². The number of hydrogen-bond donors (Lipinski definition) is 2. The summed E-state index contributed by atoms with van der Waals surface area (Å²) < 4.78 is 27.4. The maximum absolute atomic E-state index is 12.3. The van der Waals surface area contributed by atoms with E-state index in [0.29, 0.717) is 10.9 Å². The van der Waals surface area contributed by atoms with E-state index in [1.54, 1.807) is 24.3 Å². The first-order valence-electron chi connectivity index (χ1n) is 6.52. The molecule has 106 valence electrons. The van der Waals surface area contributed by atoms with Crippen LogP contribution < -0.4 is 10.5 Å². The van der Waals surface area contributed by atoms with E-state index in [0.717, 1.165) is 25.0 Å². The van der Waals surface area contributed by atoms with Crippen molar-refractivity contribution in [3.05, 3.63) is 24.3 Å². The third-order valence-corrected chi connectivity index (χ3v) is 6.16. The maximum atomic E-state index is 12.3. The molecule has 0 saturated heterocycles. The number of hydrogen-bond acceptors (Lipinski definition) is 4. The van der Waals surface area contributed by atoms with Gasteiger partial charge in [0.25, 0.3) is 0 Å². The van der Waals surface area contributed by atoms with Gasteiger partial charge in [0.15, 0.2) is 0 Å². The fourth-order valence-electron chi connectivity index (χ4n) is 2.39. The van der Waals surface area contributed by atoms with E-state index in [2.05, 4.69) is 11.6 Å². The van der Waals surface area contributed by atoms with Gasteiger partial charge < -0.3 is 5.73 Å². The monoisotopic (exact) mass is 300 g/mol. The van der Waals surface area contributed by atoms with Gasteiger partial charge in [-0.1, -0.05) is 13.3 Å². The largest absolute Gasteiger partial charge is 0.399 e. The van der Waals surface area contributed by atoms with Crippen LogP contribution in [0.5, 0.6) is 0 Å².